The largest absolute Gasteiger partial charge is 0.339 e. The molecule has 3 rings (SSSR count). The van der Waals surface area contributed by atoms with Gasteiger partial charge >= 0.3 is 0 Å². The van der Waals surface area contributed by atoms with E-state index in [0.29, 0.717) is 27.8 Å². The van der Waals surface area contributed by atoms with Crippen LogP contribution in [0, 0.1) is 5.92 Å². The highest BCUT2D eigenvalue weighted by molar-refractivity contribution is 6.34. The highest BCUT2D eigenvalue weighted by Gasteiger charge is 2.21. The molecule has 0 aliphatic carbocycles. The van der Waals surface area contributed by atoms with Crippen molar-refractivity contribution in [3.63, 3.8) is 0 Å². The monoisotopic (exact) mass is 356 g/mol. The number of likely N-dealkylation sites (tertiary alicyclic amines) is 1. The molecule has 2 amide bonds. The average Bonchev–Trinajstić information content (AvgIpc) is 2.62. The molecule has 1 fully saturated rings. The second-order valence-corrected chi connectivity index (χ2v) is 6.90. The van der Waals surface area contributed by atoms with Gasteiger partial charge in [-0.05, 0) is 49.1 Å². The molecule has 0 bridgehead atoms. The predicted octanol–water partition coefficient (Wildman–Crippen LogP) is 4.46. The number of rotatable bonds is 3. The van der Waals surface area contributed by atoms with E-state index < -0.39 is 0 Å². The number of piperidine rings is 1. The SMILES string of the molecule is CC1CCN(C(=O)c2cccc(NC(=O)c3ccccc3Cl)c2)CC1. The molecule has 1 N–H and O–H groups in total. The van der Waals surface area contributed by atoms with Crippen molar-refractivity contribution in [2.45, 2.75) is 19.8 Å². The molecular formula is C20H21ClN2O2. The number of hydrogen-bond acceptors (Lipinski definition) is 2. The van der Waals surface area contributed by atoms with Gasteiger partial charge in [0.05, 0.1) is 10.6 Å². The number of benzene rings is 2. The smallest absolute Gasteiger partial charge is 0.257 e. The Kier molecular flexibility index (Phi) is 5.39. The highest BCUT2D eigenvalue weighted by atomic mass is 35.5. The molecule has 0 unspecified atom stereocenters. The maximum atomic E-state index is 12.7. The topological polar surface area (TPSA) is 49.4 Å². The van der Waals surface area contributed by atoms with Gasteiger partial charge in [-0.2, -0.15) is 0 Å². The summed E-state index contributed by atoms with van der Waals surface area (Å²) in [5.74, 6) is 0.396. The highest BCUT2D eigenvalue weighted by Crippen LogP contribution is 2.21. The standard InChI is InChI=1S/C20H21ClN2O2/c1-14-9-11-23(12-10-14)20(25)15-5-4-6-16(13-15)22-19(24)17-7-2-3-8-18(17)21/h2-8,13-14H,9-12H2,1H3,(H,22,24). The van der Waals surface area contributed by atoms with Crippen molar-refractivity contribution in [1.82, 2.24) is 4.90 Å². The van der Waals surface area contributed by atoms with Gasteiger partial charge in [0.2, 0.25) is 0 Å². The Bertz CT molecular complexity index is 783. The third-order valence-corrected chi connectivity index (χ3v) is 4.89. The van der Waals surface area contributed by atoms with Crippen LogP contribution in [0.25, 0.3) is 0 Å². The maximum Gasteiger partial charge on any atom is 0.257 e. The van der Waals surface area contributed by atoms with Crippen LogP contribution < -0.4 is 5.32 Å². The van der Waals surface area contributed by atoms with E-state index in [-0.39, 0.29) is 11.8 Å². The number of carbonyl (C=O) groups is 2. The van der Waals surface area contributed by atoms with Crippen LogP contribution in [0.3, 0.4) is 0 Å². The number of anilines is 1. The third-order valence-electron chi connectivity index (χ3n) is 4.56. The summed E-state index contributed by atoms with van der Waals surface area (Å²) in [7, 11) is 0. The second kappa shape index (κ2) is 7.70. The van der Waals surface area contributed by atoms with E-state index in [4.69, 9.17) is 11.6 Å². The summed E-state index contributed by atoms with van der Waals surface area (Å²) < 4.78 is 0. The van der Waals surface area contributed by atoms with Crippen LogP contribution in [0.15, 0.2) is 48.5 Å². The van der Waals surface area contributed by atoms with Crippen LogP contribution in [0.4, 0.5) is 5.69 Å². The average molecular weight is 357 g/mol. The zero-order chi connectivity index (χ0) is 17.8. The summed E-state index contributed by atoms with van der Waals surface area (Å²) in [6.07, 6.45) is 2.07. The van der Waals surface area contributed by atoms with Crippen LogP contribution in [-0.2, 0) is 0 Å². The lowest BCUT2D eigenvalue weighted by Gasteiger charge is -2.30. The molecule has 1 saturated heterocycles. The molecule has 0 atom stereocenters. The molecule has 2 aromatic carbocycles. The van der Waals surface area contributed by atoms with Crippen molar-refractivity contribution in [2.75, 3.05) is 18.4 Å². The lowest BCUT2D eigenvalue weighted by atomic mass is 9.98. The number of carbonyl (C=O) groups excluding carboxylic acids is 2. The van der Waals surface area contributed by atoms with E-state index in [1.807, 2.05) is 4.90 Å². The van der Waals surface area contributed by atoms with Crippen LogP contribution in [0.1, 0.15) is 40.5 Å². The molecule has 0 saturated carbocycles. The number of halogens is 1. The van der Waals surface area contributed by atoms with Crippen LogP contribution >= 0.6 is 11.6 Å². The van der Waals surface area contributed by atoms with Gasteiger partial charge in [0.15, 0.2) is 0 Å². The summed E-state index contributed by atoms with van der Waals surface area (Å²) in [5.41, 5.74) is 1.58. The summed E-state index contributed by atoms with van der Waals surface area (Å²) >= 11 is 6.06. The predicted molar refractivity (Wildman–Crippen MR) is 100 cm³/mol. The first kappa shape index (κ1) is 17.5. The quantitative estimate of drug-likeness (QED) is 0.882. The molecule has 25 heavy (non-hydrogen) atoms. The molecule has 130 valence electrons. The van der Waals surface area contributed by atoms with E-state index in [1.165, 1.54) is 0 Å². The van der Waals surface area contributed by atoms with E-state index >= 15 is 0 Å². The van der Waals surface area contributed by atoms with Crippen LogP contribution in [-0.4, -0.2) is 29.8 Å². The van der Waals surface area contributed by atoms with Gasteiger partial charge in [-0.1, -0.05) is 36.7 Å². The Labute approximate surface area is 152 Å². The van der Waals surface area contributed by atoms with Crippen LogP contribution in [0.2, 0.25) is 5.02 Å². The van der Waals surface area contributed by atoms with Crippen molar-refractivity contribution in [3.8, 4) is 0 Å². The van der Waals surface area contributed by atoms with Gasteiger partial charge in [-0.15, -0.1) is 0 Å². The molecule has 0 radical (unpaired) electrons. The third kappa shape index (κ3) is 4.20. The molecule has 5 heteroatoms. The van der Waals surface area contributed by atoms with E-state index in [9.17, 15) is 9.59 Å². The van der Waals surface area contributed by atoms with E-state index in [0.717, 1.165) is 25.9 Å². The number of amides is 2. The summed E-state index contributed by atoms with van der Waals surface area (Å²) in [6.45, 7) is 3.79. The molecule has 4 nitrogen and oxygen atoms in total. The Hall–Kier alpha value is -2.33. The lowest BCUT2D eigenvalue weighted by Crippen LogP contribution is -2.37. The Morgan fingerprint density at radius 2 is 1.80 bits per heavy atom. The first-order valence-electron chi connectivity index (χ1n) is 8.50. The van der Waals surface area contributed by atoms with Gasteiger partial charge in [-0.25, -0.2) is 0 Å². The number of nitrogens with zero attached hydrogens (tertiary/aromatic N) is 1. The number of hydrogen-bond donors (Lipinski definition) is 1. The molecule has 1 aliphatic rings. The van der Waals surface area contributed by atoms with Gasteiger partial charge in [0, 0.05) is 24.3 Å². The minimum Gasteiger partial charge on any atom is -0.339 e. The molecule has 2 aromatic rings. The Morgan fingerprint density at radius 1 is 1.08 bits per heavy atom. The van der Waals surface area contributed by atoms with Crippen molar-refractivity contribution in [3.05, 3.63) is 64.7 Å². The Balaban J connectivity index is 1.72. The van der Waals surface area contributed by atoms with Gasteiger partial charge < -0.3 is 10.2 Å². The van der Waals surface area contributed by atoms with Gasteiger partial charge in [0.1, 0.15) is 0 Å². The summed E-state index contributed by atoms with van der Waals surface area (Å²) in [4.78, 5) is 26.9. The van der Waals surface area contributed by atoms with Gasteiger partial charge in [-0.3, -0.25) is 9.59 Å². The zero-order valence-electron chi connectivity index (χ0n) is 14.2. The second-order valence-electron chi connectivity index (χ2n) is 6.49. The molecule has 1 heterocycles. The van der Waals surface area contributed by atoms with Crippen molar-refractivity contribution in [2.24, 2.45) is 5.92 Å². The molecule has 0 spiro atoms. The minimum absolute atomic E-state index is 0.0146. The fourth-order valence-corrected chi connectivity index (χ4v) is 3.19. The lowest BCUT2D eigenvalue weighted by molar-refractivity contribution is 0.0697. The molecule has 0 aromatic heterocycles. The minimum atomic E-state index is -0.290. The van der Waals surface area contributed by atoms with E-state index in [2.05, 4.69) is 12.2 Å². The van der Waals surface area contributed by atoms with Crippen molar-refractivity contribution in [1.29, 1.82) is 0 Å². The van der Waals surface area contributed by atoms with Gasteiger partial charge in [0.25, 0.3) is 11.8 Å². The maximum absolute atomic E-state index is 12.7. The van der Waals surface area contributed by atoms with Crippen molar-refractivity contribution >= 4 is 29.1 Å². The zero-order valence-corrected chi connectivity index (χ0v) is 14.9. The van der Waals surface area contributed by atoms with Crippen molar-refractivity contribution < 1.29 is 9.59 Å². The van der Waals surface area contributed by atoms with E-state index in [1.54, 1.807) is 48.5 Å². The normalized spacial score (nSPS) is 15.0. The first-order valence-corrected chi connectivity index (χ1v) is 8.87. The Morgan fingerprint density at radius 3 is 2.52 bits per heavy atom. The first-order chi connectivity index (χ1) is 12.0. The molecule has 1 aliphatic heterocycles. The summed E-state index contributed by atoms with van der Waals surface area (Å²) in [5, 5.41) is 3.21. The molecular weight excluding hydrogens is 336 g/mol. The fraction of sp³-hybridized carbons (Fsp3) is 0.300. The van der Waals surface area contributed by atoms with Crippen LogP contribution in [0.5, 0.6) is 0 Å². The fourth-order valence-electron chi connectivity index (χ4n) is 2.97. The summed E-state index contributed by atoms with van der Waals surface area (Å²) in [6, 6.07) is 13.9. The number of nitrogens with one attached hydrogen (secondary N) is 1.